The van der Waals surface area contributed by atoms with Crippen molar-refractivity contribution in [2.45, 2.75) is 70.5 Å². The molecule has 1 amide bonds. The summed E-state index contributed by atoms with van der Waals surface area (Å²) in [5.41, 5.74) is 3.01. The van der Waals surface area contributed by atoms with Gasteiger partial charge in [-0.2, -0.15) is 13.2 Å². The maximum atomic E-state index is 13.4. The Morgan fingerprint density at radius 3 is 2.44 bits per heavy atom. The molecule has 1 N–H and O–H groups in total. The Kier molecular flexibility index (Phi) is 7.15. The SMILES string of the molecule is CC[C@H](C)n1c(CCCc2ccccc2)ccc1C(=O)Nc1ccc(C(F)(F)F)c(C2CC2)c1. The lowest BCUT2D eigenvalue weighted by Gasteiger charge is -2.20. The first-order valence-corrected chi connectivity index (χ1v) is 12.0. The van der Waals surface area contributed by atoms with Gasteiger partial charge in [0.05, 0.1) is 5.56 Å². The summed E-state index contributed by atoms with van der Waals surface area (Å²) in [5.74, 6) is -0.371. The van der Waals surface area contributed by atoms with Crippen LogP contribution in [0.3, 0.4) is 0 Å². The van der Waals surface area contributed by atoms with Crippen LogP contribution in [0, 0.1) is 0 Å². The first-order valence-electron chi connectivity index (χ1n) is 12.0. The normalized spacial score (nSPS) is 14.7. The predicted octanol–water partition coefficient (Wildman–Crippen LogP) is 7.78. The largest absolute Gasteiger partial charge is 0.416 e. The van der Waals surface area contributed by atoms with Crippen LogP contribution in [0.4, 0.5) is 18.9 Å². The van der Waals surface area contributed by atoms with E-state index < -0.39 is 11.7 Å². The maximum Gasteiger partial charge on any atom is 0.416 e. The molecule has 6 heteroatoms. The van der Waals surface area contributed by atoms with Gasteiger partial charge in [-0.25, -0.2) is 0 Å². The number of rotatable bonds is 9. The van der Waals surface area contributed by atoms with Crippen molar-refractivity contribution in [2.75, 3.05) is 5.32 Å². The van der Waals surface area contributed by atoms with Crippen molar-refractivity contribution in [3.05, 3.63) is 88.7 Å². The average Bonchev–Trinajstić information content (AvgIpc) is 3.58. The zero-order chi connectivity index (χ0) is 24.3. The number of carbonyl (C=O) groups excluding carboxylic acids is 1. The van der Waals surface area contributed by atoms with Gasteiger partial charge in [0.15, 0.2) is 0 Å². The van der Waals surface area contributed by atoms with Crippen LogP contribution in [-0.2, 0) is 19.0 Å². The molecule has 0 spiro atoms. The number of alkyl halides is 3. The summed E-state index contributed by atoms with van der Waals surface area (Å²) in [5, 5.41) is 2.85. The van der Waals surface area contributed by atoms with Gasteiger partial charge < -0.3 is 9.88 Å². The minimum Gasteiger partial charge on any atom is -0.338 e. The highest BCUT2D eigenvalue weighted by molar-refractivity contribution is 6.03. The highest BCUT2D eigenvalue weighted by Gasteiger charge is 2.38. The van der Waals surface area contributed by atoms with Crippen molar-refractivity contribution in [3.63, 3.8) is 0 Å². The van der Waals surface area contributed by atoms with Crippen molar-refractivity contribution >= 4 is 11.6 Å². The molecule has 34 heavy (non-hydrogen) atoms. The van der Waals surface area contributed by atoms with Gasteiger partial charge in [0.2, 0.25) is 0 Å². The highest BCUT2D eigenvalue weighted by atomic mass is 19.4. The van der Waals surface area contributed by atoms with Gasteiger partial charge in [0.25, 0.3) is 5.91 Å². The van der Waals surface area contributed by atoms with Gasteiger partial charge in [0, 0.05) is 17.4 Å². The number of benzene rings is 2. The summed E-state index contributed by atoms with van der Waals surface area (Å²) in [6.07, 6.45) is 0.762. The fraction of sp³-hybridized carbons (Fsp3) is 0.393. The number of nitrogens with one attached hydrogen (secondary N) is 1. The van der Waals surface area contributed by atoms with Gasteiger partial charge in [-0.15, -0.1) is 0 Å². The third kappa shape index (κ3) is 5.54. The van der Waals surface area contributed by atoms with Gasteiger partial charge in [0.1, 0.15) is 5.69 Å². The second-order valence-electron chi connectivity index (χ2n) is 9.20. The molecule has 4 rings (SSSR count). The lowest BCUT2D eigenvalue weighted by Crippen LogP contribution is -2.21. The Morgan fingerprint density at radius 1 is 1.06 bits per heavy atom. The number of hydrogen-bond acceptors (Lipinski definition) is 1. The van der Waals surface area contributed by atoms with E-state index in [1.54, 1.807) is 0 Å². The number of aromatic nitrogens is 1. The third-order valence-electron chi connectivity index (χ3n) is 6.64. The van der Waals surface area contributed by atoms with E-state index in [0.717, 1.165) is 50.3 Å². The van der Waals surface area contributed by atoms with Crippen molar-refractivity contribution in [1.82, 2.24) is 4.57 Å². The molecular weight excluding hydrogens is 437 g/mol. The number of carbonyl (C=O) groups is 1. The summed E-state index contributed by atoms with van der Waals surface area (Å²) in [6, 6.07) is 18.2. The van der Waals surface area contributed by atoms with E-state index >= 15 is 0 Å². The Labute approximate surface area is 199 Å². The number of aryl methyl sites for hydroxylation is 2. The molecule has 1 aliphatic rings. The monoisotopic (exact) mass is 468 g/mol. The van der Waals surface area contributed by atoms with Gasteiger partial charge in [-0.3, -0.25) is 4.79 Å². The lowest BCUT2D eigenvalue weighted by atomic mass is 10.0. The Morgan fingerprint density at radius 2 is 1.79 bits per heavy atom. The van der Waals surface area contributed by atoms with E-state index in [1.165, 1.54) is 17.7 Å². The van der Waals surface area contributed by atoms with E-state index in [4.69, 9.17) is 0 Å². The molecule has 3 nitrogen and oxygen atoms in total. The molecule has 180 valence electrons. The molecule has 1 saturated carbocycles. The zero-order valence-electron chi connectivity index (χ0n) is 19.7. The number of hydrogen-bond donors (Lipinski definition) is 1. The molecule has 0 saturated heterocycles. The molecule has 0 aliphatic heterocycles. The molecule has 1 fully saturated rings. The third-order valence-corrected chi connectivity index (χ3v) is 6.64. The topological polar surface area (TPSA) is 34.0 Å². The van der Waals surface area contributed by atoms with E-state index in [1.807, 2.05) is 30.3 Å². The van der Waals surface area contributed by atoms with Crippen LogP contribution < -0.4 is 5.32 Å². The summed E-state index contributed by atoms with van der Waals surface area (Å²) < 4.78 is 42.3. The van der Waals surface area contributed by atoms with Crippen molar-refractivity contribution in [2.24, 2.45) is 0 Å². The molecule has 0 bridgehead atoms. The molecule has 1 heterocycles. The van der Waals surface area contributed by atoms with E-state index in [0.29, 0.717) is 11.4 Å². The van der Waals surface area contributed by atoms with Gasteiger partial charge in [-0.1, -0.05) is 37.3 Å². The summed E-state index contributed by atoms with van der Waals surface area (Å²) in [4.78, 5) is 13.2. The Hall–Kier alpha value is -3.02. The zero-order valence-corrected chi connectivity index (χ0v) is 19.7. The van der Waals surface area contributed by atoms with Crippen LogP contribution in [0.2, 0.25) is 0 Å². The number of anilines is 1. The quantitative estimate of drug-likeness (QED) is 0.342. The minimum absolute atomic E-state index is 0.0753. The molecule has 0 radical (unpaired) electrons. The molecule has 1 atom stereocenters. The van der Waals surface area contributed by atoms with E-state index in [9.17, 15) is 18.0 Å². The first-order chi connectivity index (χ1) is 16.3. The number of halogens is 3. The predicted molar refractivity (Wildman–Crippen MR) is 129 cm³/mol. The highest BCUT2D eigenvalue weighted by Crippen LogP contribution is 2.46. The fourth-order valence-electron chi connectivity index (χ4n) is 4.53. The van der Waals surface area contributed by atoms with Crippen LogP contribution in [0.25, 0.3) is 0 Å². The van der Waals surface area contributed by atoms with E-state index in [-0.39, 0.29) is 23.4 Å². The lowest BCUT2D eigenvalue weighted by molar-refractivity contribution is -0.138. The van der Waals surface area contributed by atoms with Crippen molar-refractivity contribution in [3.8, 4) is 0 Å². The number of amides is 1. The Balaban J connectivity index is 1.52. The van der Waals surface area contributed by atoms with Gasteiger partial charge >= 0.3 is 6.18 Å². The van der Waals surface area contributed by atoms with Crippen LogP contribution in [0.5, 0.6) is 0 Å². The summed E-state index contributed by atoms with van der Waals surface area (Å²) >= 11 is 0. The van der Waals surface area contributed by atoms with Gasteiger partial charge in [-0.05, 0) is 92.8 Å². The second-order valence-corrected chi connectivity index (χ2v) is 9.20. The minimum atomic E-state index is -4.39. The maximum absolute atomic E-state index is 13.4. The molecule has 2 aromatic carbocycles. The molecular formula is C28H31F3N2O. The van der Waals surface area contributed by atoms with Crippen LogP contribution in [0.1, 0.15) is 84.4 Å². The second kappa shape index (κ2) is 10.1. The average molecular weight is 469 g/mol. The molecule has 1 aromatic heterocycles. The van der Waals surface area contributed by atoms with Crippen LogP contribution in [-0.4, -0.2) is 10.5 Å². The molecule has 1 aliphatic carbocycles. The fourth-order valence-corrected chi connectivity index (χ4v) is 4.53. The Bertz CT molecular complexity index is 1130. The van der Waals surface area contributed by atoms with Crippen molar-refractivity contribution in [1.29, 1.82) is 0 Å². The summed E-state index contributed by atoms with van der Waals surface area (Å²) in [7, 11) is 0. The summed E-state index contributed by atoms with van der Waals surface area (Å²) in [6.45, 7) is 4.17. The van der Waals surface area contributed by atoms with Crippen molar-refractivity contribution < 1.29 is 18.0 Å². The number of nitrogens with zero attached hydrogens (tertiary/aromatic N) is 1. The molecule has 0 unspecified atom stereocenters. The smallest absolute Gasteiger partial charge is 0.338 e. The first kappa shape index (κ1) is 24.1. The van der Waals surface area contributed by atoms with Crippen LogP contribution >= 0.6 is 0 Å². The van der Waals surface area contributed by atoms with E-state index in [2.05, 4.69) is 35.9 Å². The standard InChI is InChI=1S/C28H31F3N2O/c1-3-19(2)33-23(11-7-10-20-8-5-4-6-9-20)15-17-26(33)27(34)32-22-14-16-25(28(29,30)31)24(18-22)21-12-13-21/h4-6,8-9,14-19,21H,3,7,10-13H2,1-2H3,(H,32,34)/t19-/m0/s1. The van der Waals surface area contributed by atoms with Crippen LogP contribution in [0.15, 0.2) is 60.7 Å². The molecule has 3 aromatic rings.